The van der Waals surface area contributed by atoms with E-state index in [1.165, 1.54) is 38.5 Å². The molecular weight excluding hydrogens is 312 g/mol. The van der Waals surface area contributed by atoms with Crippen LogP contribution in [0.3, 0.4) is 0 Å². The maximum Gasteiger partial charge on any atom is 0.230 e. The Morgan fingerprint density at radius 3 is 2.68 bits per heavy atom. The molecule has 0 radical (unpaired) electrons. The Morgan fingerprint density at radius 2 is 1.96 bits per heavy atom. The molecule has 1 unspecified atom stereocenters. The summed E-state index contributed by atoms with van der Waals surface area (Å²) in [5, 5.41) is 4.12. The van der Waals surface area contributed by atoms with Crippen molar-refractivity contribution in [3.05, 3.63) is 36.2 Å². The largest absolute Gasteiger partial charge is 0.339 e. The van der Waals surface area contributed by atoms with Gasteiger partial charge in [0, 0.05) is 17.9 Å². The number of hydrogen-bond donors (Lipinski definition) is 0. The van der Waals surface area contributed by atoms with Gasteiger partial charge in [0.1, 0.15) is 5.78 Å². The van der Waals surface area contributed by atoms with Gasteiger partial charge in [0.2, 0.25) is 11.7 Å². The predicted octanol–water partition coefficient (Wildman–Crippen LogP) is 5.55. The van der Waals surface area contributed by atoms with Gasteiger partial charge in [-0.05, 0) is 19.3 Å². The van der Waals surface area contributed by atoms with Crippen molar-refractivity contribution in [2.75, 3.05) is 0 Å². The molecule has 1 atom stereocenters. The lowest BCUT2D eigenvalue weighted by atomic mass is 9.84. The third kappa shape index (κ3) is 5.25. The molecule has 1 aromatic heterocycles. The van der Waals surface area contributed by atoms with Crippen LogP contribution >= 0.6 is 0 Å². The van der Waals surface area contributed by atoms with Crippen LogP contribution in [0.5, 0.6) is 0 Å². The third-order valence-electron chi connectivity index (χ3n) is 5.25. The van der Waals surface area contributed by atoms with Gasteiger partial charge in [-0.3, -0.25) is 0 Å². The molecule has 1 heterocycles. The van der Waals surface area contributed by atoms with Crippen molar-refractivity contribution >= 4 is 5.78 Å². The molecule has 1 saturated carbocycles. The van der Waals surface area contributed by atoms with Crippen LogP contribution in [0.15, 0.2) is 34.9 Å². The fraction of sp³-hybridized carbons (Fsp3) is 0.571. The second kappa shape index (κ2) is 8.93. The van der Waals surface area contributed by atoms with E-state index in [1.807, 2.05) is 30.3 Å². The van der Waals surface area contributed by atoms with Crippen LogP contribution in [-0.2, 0) is 4.79 Å². The Hall–Kier alpha value is -1.97. The minimum absolute atomic E-state index is 0.0473. The summed E-state index contributed by atoms with van der Waals surface area (Å²) in [4.78, 5) is 16.2. The first-order valence-corrected chi connectivity index (χ1v) is 9.61. The molecule has 4 nitrogen and oxygen atoms in total. The van der Waals surface area contributed by atoms with Crippen molar-refractivity contribution in [3.63, 3.8) is 0 Å². The van der Waals surface area contributed by atoms with Crippen LogP contribution in [-0.4, -0.2) is 15.9 Å². The van der Waals surface area contributed by atoms with Crippen LogP contribution in [0.4, 0.5) is 0 Å². The Morgan fingerprint density at radius 1 is 1.20 bits per heavy atom. The van der Waals surface area contributed by atoms with Gasteiger partial charge in [-0.25, -0.2) is 0 Å². The van der Waals surface area contributed by atoms with E-state index in [9.17, 15) is 4.79 Å². The highest BCUT2D eigenvalue weighted by molar-refractivity contribution is 5.76. The summed E-state index contributed by atoms with van der Waals surface area (Å²) < 4.78 is 5.51. The number of carbonyl (C=O) groups is 1. The van der Waals surface area contributed by atoms with Crippen LogP contribution in [0, 0.1) is 5.92 Å². The van der Waals surface area contributed by atoms with E-state index in [1.54, 1.807) is 6.92 Å². The van der Waals surface area contributed by atoms with Gasteiger partial charge in [0.25, 0.3) is 0 Å². The molecule has 1 aliphatic carbocycles. The SMILES string of the molecule is CC(=O)CC(CCCC1CCCCC1)c1nc(-c2ccccc2)no1. The van der Waals surface area contributed by atoms with Gasteiger partial charge in [-0.1, -0.05) is 80.4 Å². The van der Waals surface area contributed by atoms with Gasteiger partial charge in [0.15, 0.2) is 0 Å². The van der Waals surface area contributed by atoms with Crippen LogP contribution < -0.4 is 0 Å². The zero-order valence-electron chi connectivity index (χ0n) is 15.1. The summed E-state index contributed by atoms with van der Waals surface area (Å²) in [6.45, 7) is 1.64. The van der Waals surface area contributed by atoms with Crippen molar-refractivity contribution < 1.29 is 9.32 Å². The van der Waals surface area contributed by atoms with Crippen molar-refractivity contribution in [2.45, 2.75) is 70.6 Å². The number of benzene rings is 1. The maximum atomic E-state index is 11.7. The Labute approximate surface area is 150 Å². The number of Topliss-reactive ketones (excluding diaryl/α,β-unsaturated/α-hetero) is 1. The molecule has 0 N–H and O–H groups in total. The number of hydrogen-bond acceptors (Lipinski definition) is 4. The first kappa shape index (κ1) is 17.8. The van der Waals surface area contributed by atoms with Crippen LogP contribution in [0.1, 0.15) is 76.5 Å². The fourth-order valence-corrected chi connectivity index (χ4v) is 3.89. The summed E-state index contributed by atoms with van der Waals surface area (Å²) in [6.07, 6.45) is 10.7. The molecule has 1 aliphatic rings. The second-order valence-electron chi connectivity index (χ2n) is 7.36. The second-order valence-corrected chi connectivity index (χ2v) is 7.36. The van der Waals surface area contributed by atoms with E-state index in [2.05, 4.69) is 10.1 Å². The summed E-state index contributed by atoms with van der Waals surface area (Å²) >= 11 is 0. The van der Waals surface area contributed by atoms with E-state index in [4.69, 9.17) is 4.52 Å². The summed E-state index contributed by atoms with van der Waals surface area (Å²) in [5.41, 5.74) is 0.946. The summed E-state index contributed by atoms with van der Waals surface area (Å²) in [6, 6.07) is 9.83. The lowest BCUT2D eigenvalue weighted by molar-refractivity contribution is -0.117. The van der Waals surface area contributed by atoms with Gasteiger partial charge < -0.3 is 9.32 Å². The monoisotopic (exact) mass is 340 g/mol. The van der Waals surface area contributed by atoms with Gasteiger partial charge in [0.05, 0.1) is 0 Å². The van der Waals surface area contributed by atoms with Gasteiger partial charge in [-0.2, -0.15) is 4.98 Å². The van der Waals surface area contributed by atoms with Gasteiger partial charge in [-0.15, -0.1) is 0 Å². The van der Waals surface area contributed by atoms with E-state index in [0.29, 0.717) is 18.1 Å². The van der Waals surface area contributed by atoms with E-state index in [-0.39, 0.29) is 11.7 Å². The first-order valence-electron chi connectivity index (χ1n) is 9.61. The maximum absolute atomic E-state index is 11.7. The summed E-state index contributed by atoms with van der Waals surface area (Å²) in [7, 11) is 0. The number of aromatic nitrogens is 2. The Balaban J connectivity index is 1.62. The number of carbonyl (C=O) groups excluding carboxylic acids is 1. The first-order chi connectivity index (χ1) is 12.2. The van der Waals surface area contributed by atoms with Crippen molar-refractivity contribution in [2.24, 2.45) is 5.92 Å². The van der Waals surface area contributed by atoms with Crippen molar-refractivity contribution in [3.8, 4) is 11.4 Å². The smallest absolute Gasteiger partial charge is 0.230 e. The molecule has 1 aromatic carbocycles. The molecular formula is C21H28N2O2. The highest BCUT2D eigenvalue weighted by atomic mass is 16.5. The zero-order valence-corrected chi connectivity index (χ0v) is 15.1. The molecule has 0 bridgehead atoms. The highest BCUT2D eigenvalue weighted by Crippen LogP contribution is 2.31. The lowest BCUT2D eigenvalue weighted by Crippen LogP contribution is -2.09. The fourth-order valence-electron chi connectivity index (χ4n) is 3.89. The van der Waals surface area contributed by atoms with E-state index >= 15 is 0 Å². The molecule has 0 spiro atoms. The zero-order chi connectivity index (χ0) is 17.5. The number of rotatable bonds is 8. The topological polar surface area (TPSA) is 56.0 Å². The van der Waals surface area contributed by atoms with Crippen molar-refractivity contribution in [1.29, 1.82) is 0 Å². The molecule has 0 saturated heterocycles. The molecule has 0 aliphatic heterocycles. The molecule has 2 aromatic rings. The minimum Gasteiger partial charge on any atom is -0.339 e. The average Bonchev–Trinajstić information content (AvgIpc) is 3.12. The molecule has 3 rings (SSSR count). The standard InChI is InChI=1S/C21H28N2O2/c1-16(24)15-19(14-8-11-17-9-4-2-5-10-17)21-22-20(23-25-21)18-12-6-3-7-13-18/h3,6-7,12-13,17,19H,2,4-5,8-11,14-15H2,1H3. The van der Waals surface area contributed by atoms with E-state index in [0.717, 1.165) is 24.3 Å². The molecule has 25 heavy (non-hydrogen) atoms. The third-order valence-corrected chi connectivity index (χ3v) is 5.25. The number of ketones is 1. The summed E-state index contributed by atoms with van der Waals surface area (Å²) in [5.74, 6) is 2.32. The van der Waals surface area contributed by atoms with Crippen LogP contribution in [0.25, 0.3) is 11.4 Å². The Bertz CT molecular complexity index is 660. The van der Waals surface area contributed by atoms with Gasteiger partial charge >= 0.3 is 0 Å². The quantitative estimate of drug-likeness (QED) is 0.632. The van der Waals surface area contributed by atoms with Crippen LogP contribution in [0.2, 0.25) is 0 Å². The predicted molar refractivity (Wildman–Crippen MR) is 98.2 cm³/mol. The molecule has 0 amide bonds. The molecule has 134 valence electrons. The molecule has 1 fully saturated rings. The highest BCUT2D eigenvalue weighted by Gasteiger charge is 2.22. The Kier molecular flexibility index (Phi) is 6.37. The lowest BCUT2D eigenvalue weighted by Gasteiger charge is -2.22. The van der Waals surface area contributed by atoms with E-state index < -0.39 is 0 Å². The molecule has 4 heteroatoms. The average molecular weight is 340 g/mol. The normalized spacial score (nSPS) is 16.7. The van der Waals surface area contributed by atoms with Crippen molar-refractivity contribution in [1.82, 2.24) is 10.1 Å². The number of nitrogens with zero attached hydrogens (tertiary/aromatic N) is 2. The minimum atomic E-state index is 0.0473.